The van der Waals surface area contributed by atoms with E-state index in [4.69, 9.17) is 32.7 Å². The second-order valence-corrected chi connectivity index (χ2v) is 12.2. The van der Waals surface area contributed by atoms with Crippen LogP contribution in [0.15, 0.2) is 81.9 Å². The Bertz CT molecular complexity index is 1510. The summed E-state index contributed by atoms with van der Waals surface area (Å²) in [5.74, 6) is -0.985. The van der Waals surface area contributed by atoms with Crippen LogP contribution in [0.1, 0.15) is 28.4 Å². The van der Waals surface area contributed by atoms with Crippen LogP contribution >= 0.6 is 80.1 Å². The lowest BCUT2D eigenvalue weighted by molar-refractivity contribution is -0.138. The smallest absolute Gasteiger partial charge is 0.344 e. The highest BCUT2D eigenvalue weighted by Crippen LogP contribution is 2.40. The Morgan fingerprint density at radius 2 is 1.72 bits per heavy atom. The Morgan fingerprint density at radius 3 is 2.36 bits per heavy atom. The number of carbonyl (C=O) groups excluding carboxylic acids is 2. The third-order valence-electron chi connectivity index (χ3n) is 5.29. The van der Waals surface area contributed by atoms with E-state index >= 15 is 0 Å². The number of thioether (sulfide) groups is 1. The molecule has 0 saturated heterocycles. The van der Waals surface area contributed by atoms with Gasteiger partial charge in [0, 0.05) is 5.02 Å². The molecule has 1 amide bonds. The molecule has 3 aromatic rings. The number of ether oxygens (including phenoxy) is 2. The number of nitrogens with zero attached hydrogens (tertiary/aromatic N) is 1. The van der Waals surface area contributed by atoms with Crippen LogP contribution in [0.25, 0.3) is 6.08 Å². The molecular weight excluding hydrogens is 787 g/mol. The summed E-state index contributed by atoms with van der Waals surface area (Å²) in [5.41, 5.74) is 1.77. The highest BCUT2D eigenvalue weighted by molar-refractivity contribution is 14.1. The lowest BCUT2D eigenvalue weighted by Gasteiger charge is -2.12. The fourth-order valence-electron chi connectivity index (χ4n) is 3.47. The van der Waals surface area contributed by atoms with Crippen molar-refractivity contribution >= 4 is 103 Å². The van der Waals surface area contributed by atoms with E-state index < -0.39 is 11.9 Å². The average Bonchev–Trinajstić information content (AvgIpc) is 3.19. The molecule has 1 aliphatic rings. The lowest BCUT2D eigenvalue weighted by atomic mass is 10.1. The van der Waals surface area contributed by atoms with E-state index in [1.54, 1.807) is 37.3 Å². The Kier molecular flexibility index (Phi) is 10.4. The number of amides is 1. The van der Waals surface area contributed by atoms with Crippen molar-refractivity contribution in [1.29, 1.82) is 0 Å². The number of halogens is 4. The number of aliphatic imine (C=N–C) groups is 1. The standard InChI is InChI=1S/C28H19Cl2I2NO5S/c1-2-37-28(36)23-24(34)22(39-27(23)33-26(35)18-5-3-4-6-19(18)30)13-16-11-20(31)25(21(32)12-16)38-14-15-7-9-17(29)10-8-15/h3-13,34H,2,14H2,1H3/b22-13-,33-27?. The molecule has 0 unspecified atom stereocenters. The molecule has 1 aliphatic heterocycles. The zero-order valence-corrected chi connectivity index (χ0v) is 26.9. The summed E-state index contributed by atoms with van der Waals surface area (Å²) in [6.07, 6.45) is 1.72. The van der Waals surface area contributed by atoms with Gasteiger partial charge in [-0.1, -0.05) is 59.2 Å². The largest absolute Gasteiger partial charge is 0.506 e. The predicted octanol–water partition coefficient (Wildman–Crippen LogP) is 8.48. The lowest BCUT2D eigenvalue weighted by Crippen LogP contribution is -2.14. The molecule has 4 rings (SSSR count). The Morgan fingerprint density at radius 1 is 1.05 bits per heavy atom. The number of hydrogen-bond donors (Lipinski definition) is 1. The Hall–Kier alpha value is -2.06. The van der Waals surface area contributed by atoms with Gasteiger partial charge in [-0.25, -0.2) is 9.79 Å². The normalized spacial score (nSPS) is 15.2. The summed E-state index contributed by atoms with van der Waals surface area (Å²) in [4.78, 5) is 30.0. The fraction of sp³-hybridized carbons (Fsp3) is 0.107. The molecule has 0 atom stereocenters. The van der Waals surface area contributed by atoms with Gasteiger partial charge in [-0.15, -0.1) is 0 Å². The van der Waals surface area contributed by atoms with Gasteiger partial charge < -0.3 is 14.6 Å². The van der Waals surface area contributed by atoms with Gasteiger partial charge in [0.25, 0.3) is 5.91 Å². The van der Waals surface area contributed by atoms with Crippen molar-refractivity contribution in [2.24, 2.45) is 4.99 Å². The molecule has 1 N–H and O–H groups in total. The third-order valence-corrected chi connectivity index (χ3v) is 8.50. The van der Waals surface area contributed by atoms with Crippen LogP contribution in [0.4, 0.5) is 0 Å². The quantitative estimate of drug-likeness (QED) is 0.191. The zero-order chi connectivity index (χ0) is 28.1. The molecule has 200 valence electrons. The van der Waals surface area contributed by atoms with Gasteiger partial charge in [0.15, 0.2) is 0 Å². The van der Waals surface area contributed by atoms with E-state index in [-0.39, 0.29) is 33.6 Å². The average molecular weight is 806 g/mol. The molecule has 0 aromatic heterocycles. The van der Waals surface area contributed by atoms with Gasteiger partial charge >= 0.3 is 5.97 Å². The molecule has 0 fully saturated rings. The van der Waals surface area contributed by atoms with Crippen molar-refractivity contribution in [2.75, 3.05) is 6.61 Å². The van der Waals surface area contributed by atoms with E-state index in [1.165, 1.54) is 0 Å². The summed E-state index contributed by atoms with van der Waals surface area (Å²) in [7, 11) is 0. The van der Waals surface area contributed by atoms with E-state index in [1.807, 2.05) is 36.4 Å². The number of esters is 1. The molecule has 6 nitrogen and oxygen atoms in total. The van der Waals surface area contributed by atoms with Gasteiger partial charge in [0.1, 0.15) is 28.7 Å². The zero-order valence-electron chi connectivity index (χ0n) is 20.2. The number of rotatable bonds is 7. The first-order chi connectivity index (χ1) is 18.7. The second-order valence-electron chi connectivity index (χ2n) is 7.99. The highest BCUT2D eigenvalue weighted by atomic mass is 127. The van der Waals surface area contributed by atoms with Crippen molar-refractivity contribution in [3.05, 3.63) is 111 Å². The number of hydrogen-bond acceptors (Lipinski definition) is 6. The van der Waals surface area contributed by atoms with Gasteiger partial charge in [-0.3, -0.25) is 4.79 Å². The molecule has 0 spiro atoms. The molecule has 0 bridgehead atoms. The first kappa shape index (κ1) is 29.9. The fourth-order valence-corrected chi connectivity index (χ4v) is 6.95. The van der Waals surface area contributed by atoms with Crippen LogP contribution in [-0.4, -0.2) is 28.6 Å². The Balaban J connectivity index is 1.63. The molecule has 3 aromatic carbocycles. The topological polar surface area (TPSA) is 85.2 Å². The second kappa shape index (κ2) is 13.5. The monoisotopic (exact) mass is 805 g/mol. The van der Waals surface area contributed by atoms with Gasteiger partial charge in [0.2, 0.25) is 0 Å². The number of benzene rings is 3. The Labute approximate surface area is 266 Å². The van der Waals surface area contributed by atoms with Crippen LogP contribution < -0.4 is 4.74 Å². The molecule has 0 saturated carbocycles. The maximum atomic E-state index is 12.8. The summed E-state index contributed by atoms with van der Waals surface area (Å²) in [6, 6.07) is 17.7. The van der Waals surface area contributed by atoms with Gasteiger partial charge in [-0.05, 0) is 106 Å². The van der Waals surface area contributed by atoms with Crippen molar-refractivity contribution in [3.63, 3.8) is 0 Å². The van der Waals surface area contributed by atoms with Crippen molar-refractivity contribution in [3.8, 4) is 5.75 Å². The summed E-state index contributed by atoms with van der Waals surface area (Å²) in [5, 5.41) is 11.9. The van der Waals surface area contributed by atoms with E-state index in [0.29, 0.717) is 16.5 Å². The summed E-state index contributed by atoms with van der Waals surface area (Å²) < 4.78 is 12.9. The summed E-state index contributed by atoms with van der Waals surface area (Å²) >= 11 is 17.5. The molecule has 0 radical (unpaired) electrons. The van der Waals surface area contributed by atoms with Crippen molar-refractivity contribution in [2.45, 2.75) is 13.5 Å². The van der Waals surface area contributed by atoms with E-state index in [9.17, 15) is 14.7 Å². The molecule has 0 aliphatic carbocycles. The SMILES string of the molecule is CCOC(=O)C1=C(O)/C(=C/c2cc(I)c(OCc3ccc(Cl)cc3)c(I)c2)SC1=NC(=O)c1ccccc1Cl. The van der Waals surface area contributed by atoms with Crippen LogP contribution in [0, 0.1) is 7.14 Å². The minimum Gasteiger partial charge on any atom is -0.506 e. The highest BCUT2D eigenvalue weighted by Gasteiger charge is 2.34. The number of aliphatic hydroxyl groups is 1. The summed E-state index contributed by atoms with van der Waals surface area (Å²) in [6.45, 7) is 2.13. The number of aliphatic hydroxyl groups excluding tert-OH is 1. The van der Waals surface area contributed by atoms with Crippen molar-refractivity contribution in [1.82, 2.24) is 0 Å². The van der Waals surface area contributed by atoms with Crippen LogP contribution in [0.3, 0.4) is 0 Å². The van der Waals surface area contributed by atoms with Gasteiger partial charge in [-0.2, -0.15) is 0 Å². The van der Waals surface area contributed by atoms with E-state index in [2.05, 4.69) is 50.2 Å². The van der Waals surface area contributed by atoms with Crippen LogP contribution in [0.5, 0.6) is 5.75 Å². The van der Waals surface area contributed by atoms with Gasteiger partial charge in [0.05, 0.1) is 29.2 Å². The van der Waals surface area contributed by atoms with Crippen molar-refractivity contribution < 1.29 is 24.2 Å². The first-order valence-electron chi connectivity index (χ1n) is 11.4. The van der Waals surface area contributed by atoms with Crippen LogP contribution in [0.2, 0.25) is 10.0 Å². The molecular formula is C28H19Cl2I2NO5S. The maximum Gasteiger partial charge on any atom is 0.344 e. The first-order valence-corrected chi connectivity index (χ1v) is 15.2. The minimum absolute atomic E-state index is 0.0365. The minimum atomic E-state index is -0.772. The molecule has 11 heteroatoms. The third kappa shape index (κ3) is 7.37. The maximum absolute atomic E-state index is 12.8. The number of carbonyl (C=O) groups is 2. The molecule has 39 heavy (non-hydrogen) atoms. The van der Waals surface area contributed by atoms with E-state index in [0.717, 1.165) is 35.8 Å². The van der Waals surface area contributed by atoms with Crippen LogP contribution in [-0.2, 0) is 16.1 Å². The predicted molar refractivity (Wildman–Crippen MR) is 173 cm³/mol. The molecule has 1 heterocycles.